The van der Waals surface area contributed by atoms with Gasteiger partial charge in [-0.15, -0.1) is 0 Å². The zero-order valence-electron chi connectivity index (χ0n) is 13.1. The number of carbonyl (C=O) groups excluding carboxylic acids is 1. The van der Waals surface area contributed by atoms with Gasteiger partial charge in [-0.1, -0.05) is 13.8 Å². The molecule has 22 heavy (non-hydrogen) atoms. The van der Waals surface area contributed by atoms with Crippen molar-refractivity contribution in [3.8, 4) is 6.01 Å². The summed E-state index contributed by atoms with van der Waals surface area (Å²) in [5.74, 6) is 0.863. The van der Waals surface area contributed by atoms with E-state index >= 15 is 0 Å². The zero-order chi connectivity index (χ0) is 16.1. The van der Waals surface area contributed by atoms with E-state index in [1.165, 1.54) is 25.8 Å². The number of aryl methyl sites for hydroxylation is 1. The minimum Gasteiger partial charge on any atom is -0.467 e. The lowest BCUT2D eigenvalue weighted by atomic mass is 10.0. The van der Waals surface area contributed by atoms with Crippen molar-refractivity contribution in [3.05, 3.63) is 30.1 Å². The van der Waals surface area contributed by atoms with E-state index in [0.717, 1.165) is 12.2 Å². The Bertz CT molecular complexity index is 623. The molecule has 0 radical (unpaired) electrons. The molecule has 0 aliphatic carbocycles. The molecule has 2 aromatic rings. The number of nitrogens with one attached hydrogen (secondary N) is 1. The van der Waals surface area contributed by atoms with Crippen molar-refractivity contribution >= 4 is 5.91 Å². The van der Waals surface area contributed by atoms with Gasteiger partial charge in [0, 0.05) is 19.4 Å². The molecule has 8 nitrogen and oxygen atoms in total. The van der Waals surface area contributed by atoms with Crippen LogP contribution >= 0.6 is 0 Å². The second-order valence-electron chi connectivity index (χ2n) is 5.36. The molecule has 118 valence electrons. The van der Waals surface area contributed by atoms with E-state index in [1.807, 2.05) is 0 Å². The molecule has 0 unspecified atom stereocenters. The van der Waals surface area contributed by atoms with Crippen LogP contribution in [0, 0.1) is 5.92 Å². The molecule has 0 aliphatic rings. The third-order valence-electron chi connectivity index (χ3n) is 3.14. The summed E-state index contributed by atoms with van der Waals surface area (Å²) in [6.07, 6.45) is 5.11. The lowest BCUT2D eigenvalue weighted by Gasteiger charge is -2.19. The van der Waals surface area contributed by atoms with E-state index < -0.39 is 0 Å². The average molecular weight is 304 g/mol. The van der Waals surface area contributed by atoms with E-state index in [9.17, 15) is 4.79 Å². The van der Waals surface area contributed by atoms with Crippen molar-refractivity contribution in [2.45, 2.75) is 26.3 Å². The number of methoxy groups -OCH3 is 1. The highest BCUT2D eigenvalue weighted by Crippen LogP contribution is 2.19. The van der Waals surface area contributed by atoms with Crippen LogP contribution in [0.15, 0.2) is 18.7 Å². The highest BCUT2D eigenvalue weighted by molar-refractivity contribution is 5.93. The largest absolute Gasteiger partial charge is 0.467 e. The molecule has 1 amide bonds. The summed E-state index contributed by atoms with van der Waals surface area (Å²) in [5.41, 5.74) is 0.372. The third kappa shape index (κ3) is 3.78. The van der Waals surface area contributed by atoms with Crippen LogP contribution < -0.4 is 10.1 Å². The third-order valence-corrected chi connectivity index (χ3v) is 3.14. The van der Waals surface area contributed by atoms with E-state index in [2.05, 4.69) is 39.2 Å². The highest BCUT2D eigenvalue weighted by atomic mass is 16.5. The molecule has 0 aromatic carbocycles. The lowest BCUT2D eigenvalue weighted by Crippen LogP contribution is -2.31. The molecule has 2 aromatic heterocycles. The average Bonchev–Trinajstić information content (AvgIpc) is 2.92. The van der Waals surface area contributed by atoms with Gasteiger partial charge in [0.1, 0.15) is 12.2 Å². The van der Waals surface area contributed by atoms with Crippen molar-refractivity contribution in [3.63, 3.8) is 0 Å². The Morgan fingerprint density at radius 1 is 1.32 bits per heavy atom. The second-order valence-corrected chi connectivity index (χ2v) is 5.36. The molecule has 1 atom stereocenters. The Labute approximate surface area is 128 Å². The summed E-state index contributed by atoms with van der Waals surface area (Å²) in [4.78, 5) is 24.5. The van der Waals surface area contributed by atoms with E-state index in [-0.39, 0.29) is 18.0 Å². The SMILES string of the molecule is COc1ncc(C(=O)N[C@@H](CC(C)C)c2ncnn2C)cn1. The van der Waals surface area contributed by atoms with E-state index in [0.29, 0.717) is 11.5 Å². The van der Waals surface area contributed by atoms with Crippen molar-refractivity contribution in [1.29, 1.82) is 0 Å². The van der Waals surface area contributed by atoms with Crippen LogP contribution in [0.5, 0.6) is 6.01 Å². The second kappa shape index (κ2) is 6.97. The Kier molecular flexibility index (Phi) is 5.03. The molecule has 0 fully saturated rings. The molecule has 0 saturated heterocycles. The van der Waals surface area contributed by atoms with Gasteiger partial charge in [0.05, 0.1) is 18.7 Å². The number of amides is 1. The number of hydrogen-bond donors (Lipinski definition) is 1. The Morgan fingerprint density at radius 3 is 2.50 bits per heavy atom. The van der Waals surface area contributed by atoms with E-state index in [4.69, 9.17) is 4.74 Å². The Hall–Kier alpha value is -2.51. The highest BCUT2D eigenvalue weighted by Gasteiger charge is 2.21. The van der Waals surface area contributed by atoms with Crippen LogP contribution in [0.1, 0.15) is 42.5 Å². The number of ether oxygens (including phenoxy) is 1. The van der Waals surface area contributed by atoms with Crippen LogP contribution in [-0.2, 0) is 7.05 Å². The fraction of sp³-hybridized carbons (Fsp3) is 0.500. The summed E-state index contributed by atoms with van der Waals surface area (Å²) in [6, 6.07) is 0.00526. The van der Waals surface area contributed by atoms with E-state index in [1.54, 1.807) is 11.7 Å². The van der Waals surface area contributed by atoms with Crippen molar-refractivity contribution < 1.29 is 9.53 Å². The summed E-state index contributed by atoms with van der Waals surface area (Å²) in [5, 5.41) is 7.02. The quantitative estimate of drug-likeness (QED) is 0.859. The first-order valence-corrected chi connectivity index (χ1v) is 7.02. The summed E-state index contributed by atoms with van der Waals surface area (Å²) in [7, 11) is 3.28. The fourth-order valence-corrected chi connectivity index (χ4v) is 2.10. The van der Waals surface area contributed by atoms with Gasteiger partial charge in [0.25, 0.3) is 5.91 Å². The van der Waals surface area contributed by atoms with Crippen LogP contribution in [-0.4, -0.2) is 37.7 Å². The standard InChI is InChI=1S/C14H20N6O2/c1-9(2)5-11(12-17-8-18-20(12)3)19-13(21)10-6-15-14(22-4)16-7-10/h6-9,11H,5H2,1-4H3,(H,19,21)/t11-/m0/s1. The summed E-state index contributed by atoms with van der Waals surface area (Å²) in [6.45, 7) is 4.18. The summed E-state index contributed by atoms with van der Waals surface area (Å²) >= 11 is 0. The van der Waals surface area contributed by atoms with Crippen molar-refractivity contribution in [1.82, 2.24) is 30.0 Å². The van der Waals surface area contributed by atoms with Gasteiger partial charge in [-0.2, -0.15) is 5.10 Å². The monoisotopic (exact) mass is 304 g/mol. The molecule has 2 rings (SSSR count). The first kappa shape index (κ1) is 15.9. The molecule has 0 aliphatic heterocycles. The molecule has 0 spiro atoms. The van der Waals surface area contributed by atoms with Crippen LogP contribution in [0.4, 0.5) is 0 Å². The minimum absolute atomic E-state index is 0.220. The number of nitrogens with zero attached hydrogens (tertiary/aromatic N) is 5. The first-order chi connectivity index (χ1) is 10.5. The predicted octanol–water partition coefficient (Wildman–Crippen LogP) is 1.13. The van der Waals surface area contributed by atoms with Gasteiger partial charge in [0.15, 0.2) is 0 Å². The molecule has 0 bridgehead atoms. The first-order valence-electron chi connectivity index (χ1n) is 7.02. The fourth-order valence-electron chi connectivity index (χ4n) is 2.10. The summed E-state index contributed by atoms with van der Waals surface area (Å²) < 4.78 is 6.55. The van der Waals surface area contributed by atoms with Gasteiger partial charge in [0.2, 0.25) is 0 Å². The van der Waals surface area contributed by atoms with Crippen LogP contribution in [0.2, 0.25) is 0 Å². The van der Waals surface area contributed by atoms with Gasteiger partial charge >= 0.3 is 6.01 Å². The number of hydrogen-bond acceptors (Lipinski definition) is 6. The topological polar surface area (TPSA) is 94.8 Å². The Balaban J connectivity index is 2.15. The molecule has 8 heteroatoms. The lowest BCUT2D eigenvalue weighted by molar-refractivity contribution is 0.0928. The normalized spacial score (nSPS) is 12.2. The predicted molar refractivity (Wildman–Crippen MR) is 79.2 cm³/mol. The molecule has 0 saturated carbocycles. The number of carbonyl (C=O) groups is 1. The zero-order valence-corrected chi connectivity index (χ0v) is 13.1. The van der Waals surface area contributed by atoms with Gasteiger partial charge in [-0.25, -0.2) is 15.0 Å². The van der Waals surface area contributed by atoms with Gasteiger partial charge in [-0.05, 0) is 12.3 Å². The maximum Gasteiger partial charge on any atom is 0.316 e. The molecule has 2 heterocycles. The Morgan fingerprint density at radius 2 is 2.00 bits per heavy atom. The maximum absolute atomic E-state index is 12.4. The number of aromatic nitrogens is 5. The smallest absolute Gasteiger partial charge is 0.316 e. The maximum atomic E-state index is 12.4. The van der Waals surface area contributed by atoms with Crippen LogP contribution in [0.25, 0.3) is 0 Å². The minimum atomic E-state index is -0.253. The van der Waals surface area contributed by atoms with Gasteiger partial charge < -0.3 is 10.1 Å². The van der Waals surface area contributed by atoms with Gasteiger partial charge in [-0.3, -0.25) is 9.48 Å². The van der Waals surface area contributed by atoms with Crippen molar-refractivity contribution in [2.24, 2.45) is 13.0 Å². The molecular weight excluding hydrogens is 284 g/mol. The van der Waals surface area contributed by atoms with Crippen molar-refractivity contribution in [2.75, 3.05) is 7.11 Å². The van der Waals surface area contributed by atoms with Crippen LogP contribution in [0.3, 0.4) is 0 Å². The molecular formula is C14H20N6O2. The molecule has 1 N–H and O–H groups in total. The number of rotatable bonds is 6.